The van der Waals surface area contributed by atoms with E-state index in [1.165, 1.54) is 100 Å². The highest BCUT2D eigenvalue weighted by Gasteiger charge is 2.45. The van der Waals surface area contributed by atoms with Crippen molar-refractivity contribution in [3.8, 4) is 0 Å². The van der Waals surface area contributed by atoms with Crippen molar-refractivity contribution < 1.29 is 48.1 Å². The molecule has 6 atom stereocenters. The van der Waals surface area contributed by atoms with Crippen molar-refractivity contribution in [2.24, 2.45) is 0 Å². The van der Waals surface area contributed by atoms with Crippen LogP contribution < -0.4 is 11.1 Å². The number of nitrogens with zero attached hydrogens (tertiary/aromatic N) is 3. The minimum atomic E-state index is -4.71. The number of carboxylic acid groups (broad SMARTS) is 1. The lowest BCUT2D eigenvalue weighted by Crippen LogP contribution is -2.33. The average molecular weight is 792 g/mol. The number of phosphoric ester groups is 1. The summed E-state index contributed by atoms with van der Waals surface area (Å²) in [6.07, 6.45) is 16.5. The van der Waals surface area contributed by atoms with E-state index in [-0.39, 0.29) is 24.6 Å². The highest BCUT2D eigenvalue weighted by molar-refractivity contribution is 7.47. The van der Waals surface area contributed by atoms with Gasteiger partial charge in [-0.15, -0.1) is 0 Å². The topological polar surface area (TPSA) is 220 Å². The summed E-state index contributed by atoms with van der Waals surface area (Å²) >= 11 is 0. The lowest BCUT2D eigenvalue weighted by atomic mass is 10.0. The molecule has 0 amide bonds. The van der Waals surface area contributed by atoms with Gasteiger partial charge in [-0.25, -0.2) is 18.9 Å². The maximum Gasteiger partial charge on any atom is 0.472 e. The Kier molecular flexibility index (Phi) is 19.3. The zero-order valence-electron chi connectivity index (χ0n) is 32.2. The molecule has 4 rings (SSSR count). The Balaban J connectivity index is 1.17. The number of carboxylic acids is 1. The number of para-hydroxylation sites is 1. The number of nitrogen functional groups attached to an aromatic ring is 1. The minimum absolute atomic E-state index is 0.0270. The quantitative estimate of drug-likeness (QED) is 0.0306. The number of fused-ring (bicyclic) bond motifs is 1. The maximum absolute atomic E-state index is 13.0. The van der Waals surface area contributed by atoms with E-state index in [9.17, 15) is 29.6 Å². The van der Waals surface area contributed by atoms with Gasteiger partial charge in [-0.05, 0) is 30.7 Å². The van der Waals surface area contributed by atoms with Crippen LogP contribution in [-0.4, -0.2) is 91.6 Å². The van der Waals surface area contributed by atoms with E-state index in [4.69, 9.17) is 24.3 Å². The van der Waals surface area contributed by atoms with E-state index < -0.39 is 50.9 Å². The summed E-state index contributed by atoms with van der Waals surface area (Å²) in [6, 6.07) is 8.90. The number of aliphatic hydroxyl groups is 2. The molecule has 0 spiro atoms. The van der Waals surface area contributed by atoms with Crippen molar-refractivity contribution >= 4 is 30.8 Å². The number of rotatable bonds is 29. The van der Waals surface area contributed by atoms with Crippen LogP contribution in [0.5, 0.6) is 0 Å². The molecule has 0 saturated carbocycles. The monoisotopic (exact) mass is 791 g/mol. The van der Waals surface area contributed by atoms with Gasteiger partial charge < -0.3 is 40.7 Å². The highest BCUT2D eigenvalue weighted by atomic mass is 31.2. The van der Waals surface area contributed by atoms with Gasteiger partial charge in [0.15, 0.2) is 5.82 Å². The Bertz CT molecular complexity index is 1610. The highest BCUT2D eigenvalue weighted by Crippen LogP contribution is 2.45. The van der Waals surface area contributed by atoms with Crippen LogP contribution in [0.25, 0.3) is 5.52 Å². The van der Waals surface area contributed by atoms with Crippen LogP contribution in [0.3, 0.4) is 0 Å². The van der Waals surface area contributed by atoms with Crippen LogP contribution in [-0.2, 0) is 23.1 Å². The van der Waals surface area contributed by atoms with Gasteiger partial charge >= 0.3 is 13.8 Å². The Morgan fingerprint density at radius 1 is 0.891 bits per heavy atom. The molecule has 2 aromatic heterocycles. The number of nitrogens with two attached hydrogens (primary N) is 1. The summed E-state index contributed by atoms with van der Waals surface area (Å²) in [4.78, 5) is 26.3. The Morgan fingerprint density at radius 2 is 1.51 bits per heavy atom. The summed E-state index contributed by atoms with van der Waals surface area (Å²) < 4.78 is 36.6. The third kappa shape index (κ3) is 14.7. The summed E-state index contributed by atoms with van der Waals surface area (Å²) in [5.41, 5.74) is 7.11. The van der Waals surface area contributed by atoms with E-state index >= 15 is 0 Å². The molecule has 7 N–H and O–H groups in total. The molecule has 15 nitrogen and oxygen atoms in total. The van der Waals surface area contributed by atoms with Gasteiger partial charge in [-0.2, -0.15) is 5.10 Å². The molecule has 1 fully saturated rings. The fraction of sp³-hybridized carbons (Fsp3) is 0.667. The van der Waals surface area contributed by atoms with Crippen molar-refractivity contribution in [2.45, 2.75) is 140 Å². The number of aromatic nitrogens is 3. The van der Waals surface area contributed by atoms with Gasteiger partial charge in [0.2, 0.25) is 0 Å². The Labute approximate surface area is 324 Å². The first-order valence-electron chi connectivity index (χ1n) is 20.0. The maximum atomic E-state index is 13.0. The number of unbranched alkanes of at least 4 members (excludes halogenated alkanes) is 15. The van der Waals surface area contributed by atoms with Crippen LogP contribution >= 0.6 is 7.82 Å². The summed E-state index contributed by atoms with van der Waals surface area (Å²) in [5, 5.41) is 38.3. The van der Waals surface area contributed by atoms with Crippen molar-refractivity contribution in [1.29, 1.82) is 0 Å². The second-order valence-electron chi connectivity index (χ2n) is 14.4. The normalized spacial score (nSPS) is 20.1. The van der Waals surface area contributed by atoms with E-state index in [1.54, 1.807) is 30.3 Å². The number of ether oxygens (including phenoxy) is 2. The smallest absolute Gasteiger partial charge is 0.472 e. The fourth-order valence-electron chi connectivity index (χ4n) is 6.83. The molecule has 0 bridgehead atoms. The molecule has 1 saturated heterocycles. The predicted octanol–water partition coefficient (Wildman–Crippen LogP) is 7.06. The number of nitrogens with one attached hydrogen (secondary N) is 1. The lowest BCUT2D eigenvalue weighted by molar-refractivity contribution is -0.0263. The van der Waals surface area contributed by atoms with Crippen LogP contribution in [0.4, 0.5) is 11.5 Å². The SMILES string of the molecule is CCCCCCCCCCCCCCCCCCOC[C@H](COP(=O)(O)OC[C@H]1O[C@@H](c2ccc3c(N)ncnn23)[C@H](O)[C@@H]1O)Nc1ccccc1C(=O)O. The number of aliphatic hydroxyl groups excluding tert-OH is 2. The molecule has 3 heterocycles. The van der Waals surface area contributed by atoms with Crippen molar-refractivity contribution in [3.63, 3.8) is 0 Å². The first kappa shape index (κ1) is 44.6. The molecule has 0 aliphatic carbocycles. The van der Waals surface area contributed by atoms with Gasteiger partial charge in [0.25, 0.3) is 0 Å². The van der Waals surface area contributed by atoms with Crippen LogP contribution in [0, 0.1) is 0 Å². The van der Waals surface area contributed by atoms with Gasteiger partial charge in [0, 0.05) is 12.3 Å². The Morgan fingerprint density at radius 3 is 2.15 bits per heavy atom. The molecule has 1 aliphatic rings. The van der Waals surface area contributed by atoms with E-state index in [0.29, 0.717) is 23.5 Å². The molecule has 1 aliphatic heterocycles. The molecule has 16 heteroatoms. The zero-order chi connectivity index (χ0) is 39.5. The standard InChI is InChI=1S/C39H62N5O10P/c1-2-3-4-5-6-7-8-9-10-11-12-13-14-15-16-19-24-51-25-29(43-31-21-18-17-20-30(31)39(47)48)26-52-55(49,50)53-27-34-35(45)36(46)37(54-34)32-22-23-33-38(40)41-28-42-44(32)33/h17-18,20-23,28-29,34-37,43,45-46H,2-16,19,24-27H2,1H3,(H,47,48)(H,49,50)(H2,40,41,42)/t29-,34-,35-,36-,37+/m1/s1. The number of hydrogen-bond donors (Lipinski definition) is 6. The third-order valence-electron chi connectivity index (χ3n) is 9.98. The van der Waals surface area contributed by atoms with Crippen LogP contribution in [0.2, 0.25) is 0 Å². The van der Waals surface area contributed by atoms with E-state index in [2.05, 4.69) is 22.3 Å². The molecule has 1 aromatic carbocycles. The summed E-state index contributed by atoms with van der Waals surface area (Å²) in [7, 11) is -4.71. The molecule has 55 heavy (non-hydrogen) atoms. The number of benzene rings is 1. The summed E-state index contributed by atoms with van der Waals surface area (Å²) in [6.45, 7) is 1.87. The number of anilines is 2. The van der Waals surface area contributed by atoms with Gasteiger partial charge in [-0.3, -0.25) is 9.05 Å². The second-order valence-corrected chi connectivity index (χ2v) is 15.9. The molecule has 0 radical (unpaired) electrons. The van der Waals surface area contributed by atoms with Gasteiger partial charge in [0.05, 0.1) is 37.1 Å². The van der Waals surface area contributed by atoms with E-state index in [1.807, 2.05) is 0 Å². The van der Waals surface area contributed by atoms with Gasteiger partial charge in [-0.1, -0.05) is 115 Å². The fourth-order valence-corrected chi connectivity index (χ4v) is 7.61. The van der Waals surface area contributed by atoms with Crippen LogP contribution in [0.1, 0.15) is 132 Å². The van der Waals surface area contributed by atoms with Gasteiger partial charge in [0.1, 0.15) is 36.3 Å². The number of aromatic carboxylic acids is 1. The molecule has 3 aromatic rings. The van der Waals surface area contributed by atoms with E-state index in [0.717, 1.165) is 19.3 Å². The second kappa shape index (κ2) is 23.8. The number of hydrogen-bond acceptors (Lipinski definition) is 12. The van der Waals surface area contributed by atoms with Crippen LogP contribution in [0.15, 0.2) is 42.7 Å². The first-order chi connectivity index (χ1) is 26.6. The van der Waals surface area contributed by atoms with Crippen molar-refractivity contribution in [2.75, 3.05) is 37.5 Å². The third-order valence-corrected chi connectivity index (χ3v) is 10.9. The Hall–Kier alpha value is -3.14. The summed E-state index contributed by atoms with van der Waals surface area (Å²) in [5.74, 6) is -0.912. The zero-order valence-corrected chi connectivity index (χ0v) is 33.1. The lowest BCUT2D eigenvalue weighted by Gasteiger charge is -2.23. The molecule has 308 valence electrons. The first-order valence-corrected chi connectivity index (χ1v) is 21.5. The molecular weight excluding hydrogens is 729 g/mol. The molecule has 1 unspecified atom stereocenters. The number of phosphoric acid groups is 1. The largest absolute Gasteiger partial charge is 0.478 e. The van der Waals surface area contributed by atoms with Crippen molar-refractivity contribution in [1.82, 2.24) is 14.6 Å². The average Bonchev–Trinajstić information content (AvgIpc) is 3.73. The molecular formula is C39H62N5O10P. The van der Waals surface area contributed by atoms with Crippen molar-refractivity contribution in [3.05, 3.63) is 54.0 Å². The predicted molar refractivity (Wildman–Crippen MR) is 210 cm³/mol. The number of carbonyl (C=O) groups is 1. The minimum Gasteiger partial charge on any atom is -0.478 e.